The van der Waals surface area contributed by atoms with E-state index < -0.39 is 20.7 Å². The lowest BCUT2D eigenvalue weighted by atomic mass is 10.4. The summed E-state index contributed by atoms with van der Waals surface area (Å²) in [5, 5.41) is 26.2. The molecule has 0 aromatic rings. The molecule has 0 fully saturated rings. The van der Waals surface area contributed by atoms with Crippen molar-refractivity contribution in [2.24, 2.45) is 0 Å². The fourth-order valence-electron chi connectivity index (χ4n) is 1.12. The number of aliphatic hydroxyl groups is 2. The molecule has 0 saturated carbocycles. The van der Waals surface area contributed by atoms with Crippen LogP contribution in [0.4, 0.5) is 0 Å². The van der Waals surface area contributed by atoms with Crippen LogP contribution in [0.25, 0.3) is 0 Å². The SMILES string of the molecule is CS(=O)(=O)C(=CC=CN(CCO)CCO)C(=O)O. The maximum Gasteiger partial charge on any atom is 0.347 e. The largest absolute Gasteiger partial charge is 0.477 e. The molecule has 0 atom stereocenters. The van der Waals surface area contributed by atoms with Crippen molar-refractivity contribution in [3.63, 3.8) is 0 Å². The first-order chi connectivity index (χ1) is 8.32. The molecule has 0 saturated heterocycles. The molecule has 3 N–H and O–H groups in total. The van der Waals surface area contributed by atoms with Gasteiger partial charge in [-0.1, -0.05) is 0 Å². The third-order valence-corrected chi connectivity index (χ3v) is 3.04. The van der Waals surface area contributed by atoms with Crippen molar-refractivity contribution in [2.45, 2.75) is 0 Å². The quantitative estimate of drug-likeness (QED) is 0.377. The number of rotatable bonds is 8. The molecule has 18 heavy (non-hydrogen) atoms. The molecule has 0 aromatic carbocycles. The number of sulfone groups is 1. The van der Waals surface area contributed by atoms with Crippen LogP contribution in [0.3, 0.4) is 0 Å². The summed E-state index contributed by atoms with van der Waals surface area (Å²) in [4.78, 5) is 11.5. The van der Waals surface area contributed by atoms with E-state index in [1.54, 1.807) is 0 Å². The highest BCUT2D eigenvalue weighted by Gasteiger charge is 2.18. The molecule has 0 aliphatic rings. The van der Waals surface area contributed by atoms with Crippen molar-refractivity contribution in [3.05, 3.63) is 23.3 Å². The van der Waals surface area contributed by atoms with Crippen LogP contribution >= 0.6 is 0 Å². The van der Waals surface area contributed by atoms with E-state index in [0.29, 0.717) is 0 Å². The molecule has 0 amide bonds. The van der Waals surface area contributed by atoms with Gasteiger partial charge in [-0.3, -0.25) is 0 Å². The van der Waals surface area contributed by atoms with Crippen LogP contribution in [0.5, 0.6) is 0 Å². The van der Waals surface area contributed by atoms with Crippen molar-refractivity contribution in [3.8, 4) is 0 Å². The van der Waals surface area contributed by atoms with Crippen LogP contribution in [0.2, 0.25) is 0 Å². The van der Waals surface area contributed by atoms with Crippen LogP contribution in [-0.4, -0.2) is 67.2 Å². The summed E-state index contributed by atoms with van der Waals surface area (Å²) in [5.41, 5.74) is 0. The highest BCUT2D eigenvalue weighted by molar-refractivity contribution is 7.95. The van der Waals surface area contributed by atoms with Gasteiger partial charge in [0.25, 0.3) is 0 Å². The molecule has 7 nitrogen and oxygen atoms in total. The summed E-state index contributed by atoms with van der Waals surface area (Å²) in [6.07, 6.45) is 4.41. The Balaban J connectivity index is 4.89. The average molecular weight is 279 g/mol. The summed E-state index contributed by atoms with van der Waals surface area (Å²) in [6, 6.07) is 0. The fraction of sp³-hybridized carbons (Fsp3) is 0.500. The molecular formula is C10H17NO6S. The first-order valence-electron chi connectivity index (χ1n) is 5.10. The molecule has 0 aromatic heterocycles. The van der Waals surface area contributed by atoms with Gasteiger partial charge >= 0.3 is 5.97 Å². The van der Waals surface area contributed by atoms with Gasteiger partial charge in [-0.15, -0.1) is 0 Å². The Morgan fingerprint density at radius 3 is 2.06 bits per heavy atom. The normalized spacial score (nSPS) is 12.9. The van der Waals surface area contributed by atoms with E-state index in [0.717, 1.165) is 12.3 Å². The van der Waals surface area contributed by atoms with Crippen LogP contribution < -0.4 is 0 Å². The number of carboxylic acid groups (broad SMARTS) is 1. The van der Waals surface area contributed by atoms with Crippen LogP contribution in [0.1, 0.15) is 0 Å². The monoisotopic (exact) mass is 279 g/mol. The second-order valence-corrected chi connectivity index (χ2v) is 5.42. The standard InChI is InChI=1S/C10H17NO6S/c1-18(16,17)9(10(14)15)3-2-4-11(5-7-12)6-8-13/h2-4,12-13H,5-8H2,1H3,(H,14,15). The number of carbonyl (C=O) groups is 1. The molecule has 0 spiro atoms. The molecular weight excluding hydrogens is 262 g/mol. The summed E-state index contributed by atoms with van der Waals surface area (Å²) in [6.45, 7) is 0.246. The Bertz CT molecular complexity index is 420. The minimum absolute atomic E-state index is 0.133. The van der Waals surface area contributed by atoms with Crippen LogP contribution in [0, 0.1) is 0 Å². The third-order valence-electron chi connectivity index (χ3n) is 1.93. The zero-order valence-electron chi connectivity index (χ0n) is 9.98. The first kappa shape index (κ1) is 16.6. The van der Waals surface area contributed by atoms with Gasteiger partial charge in [-0.2, -0.15) is 0 Å². The lowest BCUT2D eigenvalue weighted by molar-refractivity contribution is -0.131. The lowest BCUT2D eigenvalue weighted by Gasteiger charge is -2.16. The maximum atomic E-state index is 11.1. The number of allylic oxidation sites excluding steroid dienone is 2. The van der Waals surface area contributed by atoms with E-state index in [1.165, 1.54) is 17.2 Å². The molecule has 0 bridgehead atoms. The third kappa shape index (κ3) is 6.38. The first-order valence-corrected chi connectivity index (χ1v) is 6.99. The van der Waals surface area contributed by atoms with Crippen molar-refractivity contribution in [1.29, 1.82) is 0 Å². The second-order valence-electron chi connectivity index (χ2n) is 3.43. The van der Waals surface area contributed by atoms with Crippen molar-refractivity contribution in [1.82, 2.24) is 4.90 Å². The lowest BCUT2D eigenvalue weighted by Crippen LogP contribution is -2.24. The van der Waals surface area contributed by atoms with Gasteiger partial charge in [0.1, 0.15) is 0 Å². The van der Waals surface area contributed by atoms with Crippen LogP contribution in [-0.2, 0) is 14.6 Å². The van der Waals surface area contributed by atoms with Crippen molar-refractivity contribution >= 4 is 15.8 Å². The Kier molecular flexibility index (Phi) is 7.25. The number of aliphatic carboxylic acids is 1. The van der Waals surface area contributed by atoms with Gasteiger partial charge in [0.15, 0.2) is 14.7 Å². The van der Waals surface area contributed by atoms with Crippen LogP contribution in [0.15, 0.2) is 23.3 Å². The van der Waals surface area contributed by atoms with Gasteiger partial charge in [0, 0.05) is 19.3 Å². The van der Waals surface area contributed by atoms with Gasteiger partial charge in [-0.25, -0.2) is 13.2 Å². The summed E-state index contributed by atoms with van der Waals surface area (Å²) < 4.78 is 22.2. The van der Waals surface area contributed by atoms with Gasteiger partial charge < -0.3 is 20.2 Å². The number of hydrogen-bond donors (Lipinski definition) is 3. The molecule has 0 unspecified atom stereocenters. The minimum atomic E-state index is -3.79. The Morgan fingerprint density at radius 2 is 1.72 bits per heavy atom. The zero-order chi connectivity index (χ0) is 14.2. The smallest absolute Gasteiger partial charge is 0.347 e. The number of carboxylic acids is 1. The topological polar surface area (TPSA) is 115 Å². The van der Waals surface area contributed by atoms with Gasteiger partial charge in [-0.05, 0) is 18.4 Å². The summed E-state index contributed by atoms with van der Waals surface area (Å²) >= 11 is 0. The number of hydrogen-bond acceptors (Lipinski definition) is 6. The molecule has 0 rings (SSSR count). The number of nitrogens with zero attached hydrogens (tertiary/aromatic N) is 1. The predicted molar refractivity (Wildman–Crippen MR) is 65.4 cm³/mol. The van der Waals surface area contributed by atoms with E-state index in [1.807, 2.05) is 0 Å². The predicted octanol–water partition coefficient (Wildman–Crippen LogP) is -1.20. The van der Waals surface area contributed by atoms with E-state index in [2.05, 4.69) is 0 Å². The summed E-state index contributed by atoms with van der Waals surface area (Å²) in [5.74, 6) is -1.53. The molecule has 0 aliphatic heterocycles. The maximum absolute atomic E-state index is 11.1. The molecule has 0 aliphatic carbocycles. The van der Waals surface area contributed by atoms with Gasteiger partial charge in [0.2, 0.25) is 0 Å². The minimum Gasteiger partial charge on any atom is -0.477 e. The molecule has 104 valence electrons. The zero-order valence-corrected chi connectivity index (χ0v) is 10.8. The molecule has 0 heterocycles. The Morgan fingerprint density at radius 1 is 1.22 bits per heavy atom. The Labute approximate surface area is 106 Å². The van der Waals surface area contributed by atoms with E-state index >= 15 is 0 Å². The van der Waals surface area contributed by atoms with Crippen molar-refractivity contribution < 1.29 is 28.5 Å². The molecule has 8 heteroatoms. The van der Waals surface area contributed by atoms with E-state index in [4.69, 9.17) is 15.3 Å². The highest BCUT2D eigenvalue weighted by atomic mass is 32.2. The van der Waals surface area contributed by atoms with Gasteiger partial charge in [0.05, 0.1) is 13.2 Å². The summed E-state index contributed by atoms with van der Waals surface area (Å²) in [7, 11) is -3.79. The fourth-order valence-corrected chi connectivity index (χ4v) is 1.77. The van der Waals surface area contributed by atoms with E-state index in [9.17, 15) is 13.2 Å². The highest BCUT2D eigenvalue weighted by Crippen LogP contribution is 2.05. The number of aliphatic hydroxyl groups excluding tert-OH is 2. The van der Waals surface area contributed by atoms with Crippen molar-refractivity contribution in [2.75, 3.05) is 32.6 Å². The Hall–Kier alpha value is -1.38. The average Bonchev–Trinajstić information content (AvgIpc) is 2.22. The molecule has 0 radical (unpaired) electrons. The second kappa shape index (κ2) is 7.85. The van der Waals surface area contributed by atoms with E-state index in [-0.39, 0.29) is 26.3 Å².